The average Bonchev–Trinajstić information content (AvgIpc) is 2.70. The highest BCUT2D eigenvalue weighted by Crippen LogP contribution is 2.23. The number of carbonyl (C=O) groups excluding carboxylic acids is 2. The number of benzene rings is 2. The van der Waals surface area contributed by atoms with Gasteiger partial charge in [-0.25, -0.2) is 0 Å². The zero-order valence-corrected chi connectivity index (χ0v) is 17.3. The molecule has 0 aliphatic carbocycles. The lowest BCUT2D eigenvalue weighted by Crippen LogP contribution is -2.12. The van der Waals surface area contributed by atoms with Gasteiger partial charge in [0, 0.05) is 30.3 Å². The predicted octanol–water partition coefficient (Wildman–Crippen LogP) is 7.05. The van der Waals surface area contributed by atoms with Gasteiger partial charge in [0.1, 0.15) is 5.78 Å². The quantitative estimate of drug-likeness (QED) is 0.356. The van der Waals surface area contributed by atoms with Gasteiger partial charge in [-0.1, -0.05) is 88.3 Å². The van der Waals surface area contributed by atoms with Gasteiger partial charge in [0.15, 0.2) is 0 Å². The Hall–Kier alpha value is -2.16. The molecule has 0 unspecified atom stereocenters. The van der Waals surface area contributed by atoms with E-state index in [2.05, 4.69) is 12.2 Å². The van der Waals surface area contributed by atoms with E-state index in [4.69, 9.17) is 0 Å². The van der Waals surface area contributed by atoms with Crippen LogP contribution in [-0.2, 0) is 9.59 Å². The molecule has 0 spiro atoms. The highest BCUT2D eigenvalue weighted by atomic mass is 16.1. The number of anilines is 1. The van der Waals surface area contributed by atoms with Crippen LogP contribution >= 0.6 is 0 Å². The fraction of sp³-hybridized carbons (Fsp3) is 0.520. The Morgan fingerprint density at radius 2 is 1.36 bits per heavy atom. The Bertz CT molecular complexity index is 733. The summed E-state index contributed by atoms with van der Waals surface area (Å²) in [4.78, 5) is 24.2. The van der Waals surface area contributed by atoms with E-state index in [9.17, 15) is 9.59 Å². The van der Waals surface area contributed by atoms with E-state index in [1.807, 2.05) is 42.5 Å². The standard InChI is InChI=1S/C25H35NO2/c1-2-3-4-5-6-7-8-9-16-22(27)17-13-20-25(28)26-24-19-12-15-21-14-10-11-18-23(21)24/h10-12,14-15,18-19H,2-9,13,16-17,20H2,1H3,(H,26,28). The fourth-order valence-electron chi connectivity index (χ4n) is 3.57. The molecule has 0 aliphatic heterocycles. The molecule has 0 fully saturated rings. The number of hydrogen-bond acceptors (Lipinski definition) is 2. The van der Waals surface area contributed by atoms with Crippen molar-refractivity contribution < 1.29 is 9.59 Å². The van der Waals surface area contributed by atoms with Crippen molar-refractivity contribution >= 4 is 28.2 Å². The fourth-order valence-corrected chi connectivity index (χ4v) is 3.57. The van der Waals surface area contributed by atoms with E-state index in [1.54, 1.807) is 0 Å². The zero-order chi connectivity index (χ0) is 20.0. The summed E-state index contributed by atoms with van der Waals surface area (Å²) in [6.45, 7) is 2.24. The number of Topliss-reactive ketones (excluding diaryl/α,β-unsaturated/α-hetero) is 1. The minimum atomic E-state index is -0.0174. The highest BCUT2D eigenvalue weighted by Gasteiger charge is 2.08. The van der Waals surface area contributed by atoms with E-state index in [0.29, 0.717) is 31.5 Å². The smallest absolute Gasteiger partial charge is 0.224 e. The summed E-state index contributed by atoms with van der Waals surface area (Å²) in [5.41, 5.74) is 0.841. The van der Waals surface area contributed by atoms with Crippen molar-refractivity contribution in [1.29, 1.82) is 0 Å². The molecule has 0 atom stereocenters. The van der Waals surface area contributed by atoms with Crippen LogP contribution in [0.25, 0.3) is 10.8 Å². The first kappa shape index (κ1) is 22.1. The summed E-state index contributed by atoms with van der Waals surface area (Å²) in [5.74, 6) is 0.278. The molecule has 0 aliphatic rings. The maximum absolute atomic E-state index is 12.2. The molecule has 0 radical (unpaired) electrons. The Morgan fingerprint density at radius 3 is 2.14 bits per heavy atom. The van der Waals surface area contributed by atoms with Crippen molar-refractivity contribution in [3.63, 3.8) is 0 Å². The molecule has 3 nitrogen and oxygen atoms in total. The first-order valence-corrected chi connectivity index (χ1v) is 11.0. The summed E-state index contributed by atoms with van der Waals surface area (Å²) < 4.78 is 0. The van der Waals surface area contributed by atoms with Crippen molar-refractivity contribution in [2.45, 2.75) is 84.0 Å². The Morgan fingerprint density at radius 1 is 0.714 bits per heavy atom. The lowest BCUT2D eigenvalue weighted by molar-refractivity contribution is -0.119. The number of carbonyl (C=O) groups is 2. The number of unbranched alkanes of at least 4 members (excludes halogenated alkanes) is 7. The largest absolute Gasteiger partial charge is 0.326 e. The number of amides is 1. The molecule has 1 N–H and O–H groups in total. The van der Waals surface area contributed by atoms with Crippen LogP contribution in [0.3, 0.4) is 0 Å². The number of rotatable bonds is 14. The summed E-state index contributed by atoms with van der Waals surface area (Å²) >= 11 is 0. The molecular weight excluding hydrogens is 346 g/mol. The third-order valence-corrected chi connectivity index (χ3v) is 5.23. The molecule has 152 valence electrons. The van der Waals surface area contributed by atoms with Gasteiger partial charge in [-0.15, -0.1) is 0 Å². The maximum atomic E-state index is 12.2. The maximum Gasteiger partial charge on any atom is 0.224 e. The van der Waals surface area contributed by atoms with Gasteiger partial charge < -0.3 is 5.32 Å². The van der Waals surface area contributed by atoms with E-state index < -0.39 is 0 Å². The first-order valence-electron chi connectivity index (χ1n) is 11.0. The van der Waals surface area contributed by atoms with Gasteiger partial charge in [-0.2, -0.15) is 0 Å². The monoisotopic (exact) mass is 381 g/mol. The highest BCUT2D eigenvalue weighted by molar-refractivity contribution is 6.02. The van der Waals surface area contributed by atoms with Gasteiger partial charge in [0.05, 0.1) is 0 Å². The topological polar surface area (TPSA) is 46.2 Å². The van der Waals surface area contributed by atoms with Gasteiger partial charge >= 0.3 is 0 Å². The third kappa shape index (κ3) is 8.24. The molecule has 0 saturated heterocycles. The molecule has 2 aromatic rings. The second-order valence-corrected chi connectivity index (χ2v) is 7.69. The number of fused-ring (bicyclic) bond motifs is 1. The summed E-state index contributed by atoms with van der Waals surface area (Å²) in [7, 11) is 0. The molecule has 2 rings (SSSR count). The molecule has 0 heterocycles. The van der Waals surface area contributed by atoms with Crippen LogP contribution in [0.2, 0.25) is 0 Å². The van der Waals surface area contributed by atoms with Crippen LogP contribution < -0.4 is 5.32 Å². The molecule has 28 heavy (non-hydrogen) atoms. The molecule has 1 amide bonds. The van der Waals surface area contributed by atoms with Crippen LogP contribution in [0.4, 0.5) is 5.69 Å². The Labute approximate surface area is 169 Å². The summed E-state index contributed by atoms with van der Waals surface area (Å²) in [6, 6.07) is 13.9. The summed E-state index contributed by atoms with van der Waals surface area (Å²) in [5, 5.41) is 5.15. The van der Waals surface area contributed by atoms with Crippen molar-refractivity contribution in [1.82, 2.24) is 0 Å². The summed E-state index contributed by atoms with van der Waals surface area (Å²) in [6.07, 6.45) is 12.2. The van der Waals surface area contributed by atoms with Crippen LogP contribution in [-0.4, -0.2) is 11.7 Å². The van der Waals surface area contributed by atoms with Crippen molar-refractivity contribution in [2.24, 2.45) is 0 Å². The number of ketones is 1. The number of hydrogen-bond donors (Lipinski definition) is 1. The molecule has 2 aromatic carbocycles. The van der Waals surface area contributed by atoms with E-state index in [-0.39, 0.29) is 5.91 Å². The molecular formula is C25H35NO2. The minimum Gasteiger partial charge on any atom is -0.326 e. The molecule has 0 bridgehead atoms. The third-order valence-electron chi connectivity index (χ3n) is 5.23. The van der Waals surface area contributed by atoms with Gasteiger partial charge in [0.2, 0.25) is 5.91 Å². The van der Waals surface area contributed by atoms with Crippen molar-refractivity contribution in [2.75, 3.05) is 5.32 Å². The molecule has 0 aromatic heterocycles. The normalized spacial score (nSPS) is 10.9. The van der Waals surface area contributed by atoms with Crippen LogP contribution in [0, 0.1) is 0 Å². The zero-order valence-electron chi connectivity index (χ0n) is 17.3. The van der Waals surface area contributed by atoms with E-state index in [1.165, 1.54) is 38.5 Å². The lowest BCUT2D eigenvalue weighted by atomic mass is 10.0. The lowest BCUT2D eigenvalue weighted by Gasteiger charge is -2.08. The Balaban J connectivity index is 1.57. The van der Waals surface area contributed by atoms with Crippen LogP contribution in [0.1, 0.15) is 84.0 Å². The van der Waals surface area contributed by atoms with Crippen molar-refractivity contribution in [3.8, 4) is 0 Å². The van der Waals surface area contributed by atoms with Gasteiger partial charge in [0.25, 0.3) is 0 Å². The predicted molar refractivity (Wildman–Crippen MR) is 119 cm³/mol. The minimum absolute atomic E-state index is 0.0174. The Kier molecular flexibility index (Phi) is 10.3. The molecule has 0 saturated carbocycles. The van der Waals surface area contributed by atoms with Gasteiger partial charge in [-0.05, 0) is 24.3 Å². The second kappa shape index (κ2) is 13.1. The number of nitrogens with one attached hydrogen (secondary N) is 1. The van der Waals surface area contributed by atoms with Gasteiger partial charge in [-0.3, -0.25) is 9.59 Å². The molecule has 3 heteroatoms. The van der Waals surface area contributed by atoms with Crippen LogP contribution in [0.5, 0.6) is 0 Å². The second-order valence-electron chi connectivity index (χ2n) is 7.69. The van der Waals surface area contributed by atoms with Crippen molar-refractivity contribution in [3.05, 3.63) is 42.5 Å². The van der Waals surface area contributed by atoms with E-state index >= 15 is 0 Å². The van der Waals surface area contributed by atoms with E-state index in [0.717, 1.165) is 29.3 Å². The average molecular weight is 382 g/mol. The van der Waals surface area contributed by atoms with Crippen LogP contribution in [0.15, 0.2) is 42.5 Å². The SMILES string of the molecule is CCCCCCCCCCC(=O)CCCC(=O)Nc1cccc2ccccc12. The first-order chi connectivity index (χ1) is 13.7.